The average molecular weight is 465 g/mol. The minimum Gasteiger partial charge on any atom is -0.465 e. The lowest BCUT2D eigenvalue weighted by molar-refractivity contribution is 0.0602. The molecule has 150 valence electrons. The number of benzene rings is 2. The number of hydrogen-bond donors (Lipinski definition) is 2. The van der Waals surface area contributed by atoms with Gasteiger partial charge in [0.2, 0.25) is 0 Å². The van der Waals surface area contributed by atoms with Crippen LogP contribution in [0.25, 0.3) is 0 Å². The normalized spacial score (nSPS) is 10.4. The maximum atomic E-state index is 12.2. The maximum Gasteiger partial charge on any atom is 0.340 e. The fourth-order valence-electron chi connectivity index (χ4n) is 2.66. The van der Waals surface area contributed by atoms with E-state index in [1.165, 1.54) is 18.4 Å². The van der Waals surface area contributed by atoms with Crippen molar-refractivity contribution in [3.05, 3.63) is 86.2 Å². The monoisotopic (exact) mass is 464 g/mol. The third-order valence-electron chi connectivity index (χ3n) is 4.07. The van der Waals surface area contributed by atoms with Gasteiger partial charge in [-0.1, -0.05) is 59.6 Å². The van der Waals surface area contributed by atoms with Gasteiger partial charge in [-0.25, -0.2) is 4.79 Å². The molecule has 0 aliphatic heterocycles. The highest BCUT2D eigenvalue weighted by Crippen LogP contribution is 2.30. The number of methoxy groups -OCH3 is 1. The molecule has 0 atom stereocenters. The van der Waals surface area contributed by atoms with E-state index in [-0.39, 0.29) is 0 Å². The molecule has 0 aliphatic rings. The predicted molar refractivity (Wildman–Crippen MR) is 124 cm³/mol. The van der Waals surface area contributed by atoms with Crippen molar-refractivity contribution in [2.75, 3.05) is 12.4 Å². The Balaban J connectivity index is 1.69. The molecule has 3 rings (SSSR count). The lowest BCUT2D eigenvalue weighted by Crippen LogP contribution is -2.28. The number of thiophene rings is 1. The topological polar surface area (TPSA) is 50.4 Å². The van der Waals surface area contributed by atoms with Crippen LogP contribution in [0.3, 0.4) is 0 Å². The lowest BCUT2D eigenvalue weighted by atomic mass is 10.1. The number of nitrogens with one attached hydrogen (secondary N) is 2. The highest BCUT2D eigenvalue weighted by Gasteiger charge is 2.18. The summed E-state index contributed by atoms with van der Waals surface area (Å²) in [5, 5.41) is 8.25. The number of carbonyl (C=O) groups is 1. The van der Waals surface area contributed by atoms with E-state index in [0.29, 0.717) is 32.3 Å². The number of thiocarbonyl (C=S) groups is 1. The summed E-state index contributed by atoms with van der Waals surface area (Å²) in [7, 11) is 1.36. The van der Waals surface area contributed by atoms with Crippen LogP contribution in [0.5, 0.6) is 0 Å². The summed E-state index contributed by atoms with van der Waals surface area (Å²) >= 11 is 18.8. The molecular formula is C21H18Cl2N2O2S2. The van der Waals surface area contributed by atoms with E-state index in [0.717, 1.165) is 22.4 Å². The van der Waals surface area contributed by atoms with E-state index in [1.54, 1.807) is 12.1 Å². The molecule has 0 saturated carbocycles. The highest BCUT2D eigenvalue weighted by atomic mass is 35.5. The Morgan fingerprint density at radius 1 is 1.07 bits per heavy atom. The quantitative estimate of drug-likeness (QED) is 0.350. The minimum atomic E-state index is -0.407. The zero-order valence-electron chi connectivity index (χ0n) is 15.5. The highest BCUT2D eigenvalue weighted by molar-refractivity contribution is 7.80. The van der Waals surface area contributed by atoms with Gasteiger partial charge < -0.3 is 15.4 Å². The van der Waals surface area contributed by atoms with E-state index in [2.05, 4.69) is 10.6 Å². The number of rotatable bonds is 6. The molecule has 3 aromatic rings. The standard InChI is InChI=1S/C21H18Cl2N2O2S2/c1-27-20(26)16-11-15(9-13-5-3-2-4-6-13)29-19(16)25-21(28)24-12-14-7-8-17(22)18(23)10-14/h2-8,10-11H,9,12H2,1H3,(H2,24,25,28). The van der Waals surface area contributed by atoms with Gasteiger partial charge in [0.1, 0.15) is 5.00 Å². The molecule has 1 aromatic heterocycles. The molecule has 0 bridgehead atoms. The number of ether oxygens (including phenoxy) is 1. The van der Waals surface area contributed by atoms with Crippen LogP contribution in [0, 0.1) is 0 Å². The predicted octanol–water partition coefficient (Wildman–Crippen LogP) is 5.92. The van der Waals surface area contributed by atoms with Gasteiger partial charge in [-0.2, -0.15) is 0 Å². The molecule has 0 saturated heterocycles. The average Bonchev–Trinajstić information content (AvgIpc) is 3.11. The second-order valence-electron chi connectivity index (χ2n) is 6.17. The van der Waals surface area contributed by atoms with Crippen LogP contribution in [0.1, 0.15) is 26.4 Å². The van der Waals surface area contributed by atoms with Gasteiger partial charge in [0.25, 0.3) is 0 Å². The van der Waals surface area contributed by atoms with Crippen molar-refractivity contribution in [3.63, 3.8) is 0 Å². The van der Waals surface area contributed by atoms with Crippen molar-refractivity contribution in [2.45, 2.75) is 13.0 Å². The van der Waals surface area contributed by atoms with Gasteiger partial charge in [0.05, 0.1) is 22.7 Å². The lowest BCUT2D eigenvalue weighted by Gasteiger charge is -2.11. The molecule has 8 heteroatoms. The van der Waals surface area contributed by atoms with Gasteiger partial charge in [-0.3, -0.25) is 0 Å². The molecule has 2 N–H and O–H groups in total. The van der Waals surface area contributed by atoms with Crippen LogP contribution in [0.2, 0.25) is 10.0 Å². The Morgan fingerprint density at radius 3 is 2.52 bits per heavy atom. The maximum absolute atomic E-state index is 12.2. The summed E-state index contributed by atoms with van der Waals surface area (Å²) in [4.78, 5) is 13.2. The van der Waals surface area contributed by atoms with Crippen molar-refractivity contribution in [3.8, 4) is 0 Å². The van der Waals surface area contributed by atoms with E-state index < -0.39 is 5.97 Å². The fraction of sp³-hybridized carbons (Fsp3) is 0.143. The van der Waals surface area contributed by atoms with Crippen molar-refractivity contribution in [1.29, 1.82) is 0 Å². The molecule has 29 heavy (non-hydrogen) atoms. The van der Waals surface area contributed by atoms with Crippen LogP contribution < -0.4 is 10.6 Å². The summed E-state index contributed by atoms with van der Waals surface area (Å²) in [6.07, 6.45) is 0.723. The number of hydrogen-bond acceptors (Lipinski definition) is 4. The molecule has 0 amide bonds. The first-order chi connectivity index (χ1) is 14.0. The minimum absolute atomic E-state index is 0.398. The van der Waals surface area contributed by atoms with Crippen molar-refractivity contribution < 1.29 is 9.53 Å². The largest absolute Gasteiger partial charge is 0.465 e. The summed E-state index contributed by atoms with van der Waals surface area (Å²) in [6, 6.07) is 17.3. The molecule has 1 heterocycles. The number of anilines is 1. The number of halogens is 2. The third kappa shape index (κ3) is 5.93. The fourth-order valence-corrected chi connectivity index (χ4v) is 4.30. The van der Waals surface area contributed by atoms with Gasteiger partial charge in [-0.15, -0.1) is 11.3 Å². The SMILES string of the molecule is COC(=O)c1cc(Cc2ccccc2)sc1NC(=S)NCc1ccc(Cl)c(Cl)c1. The van der Waals surface area contributed by atoms with Crippen LogP contribution in [0.4, 0.5) is 5.00 Å². The van der Waals surface area contributed by atoms with Crippen LogP contribution in [-0.4, -0.2) is 18.2 Å². The summed E-state index contributed by atoms with van der Waals surface area (Å²) in [5.41, 5.74) is 2.56. The molecule has 0 unspecified atom stereocenters. The Bertz CT molecular complexity index is 1020. The first kappa shape index (κ1) is 21.6. The Labute approximate surface area is 188 Å². The van der Waals surface area contributed by atoms with Crippen molar-refractivity contribution >= 4 is 62.8 Å². The first-order valence-electron chi connectivity index (χ1n) is 8.70. The molecule has 0 spiro atoms. The van der Waals surface area contributed by atoms with Crippen LogP contribution in [0.15, 0.2) is 54.6 Å². The summed E-state index contributed by atoms with van der Waals surface area (Å²) < 4.78 is 4.91. The smallest absolute Gasteiger partial charge is 0.340 e. The first-order valence-corrected chi connectivity index (χ1v) is 10.7. The van der Waals surface area contributed by atoms with Gasteiger partial charge in [0, 0.05) is 17.8 Å². The number of esters is 1. The summed E-state index contributed by atoms with van der Waals surface area (Å²) in [6.45, 7) is 0.471. The van der Waals surface area contributed by atoms with Gasteiger partial charge in [-0.05, 0) is 41.5 Å². The van der Waals surface area contributed by atoms with Gasteiger partial charge >= 0.3 is 5.97 Å². The molecule has 2 aromatic carbocycles. The van der Waals surface area contributed by atoms with Crippen LogP contribution in [-0.2, 0) is 17.7 Å². The van der Waals surface area contributed by atoms with E-state index in [4.69, 9.17) is 40.2 Å². The van der Waals surface area contributed by atoms with E-state index in [1.807, 2.05) is 42.5 Å². The van der Waals surface area contributed by atoms with Crippen molar-refractivity contribution in [2.24, 2.45) is 0 Å². The second-order valence-corrected chi connectivity index (χ2v) is 8.53. The zero-order valence-corrected chi connectivity index (χ0v) is 18.6. The van der Waals surface area contributed by atoms with Crippen molar-refractivity contribution in [1.82, 2.24) is 5.32 Å². The molecular weight excluding hydrogens is 447 g/mol. The molecule has 0 fully saturated rings. The van der Waals surface area contributed by atoms with Gasteiger partial charge in [0.15, 0.2) is 5.11 Å². The Kier molecular flexibility index (Phi) is 7.50. The Hall–Kier alpha value is -2.12. The molecule has 4 nitrogen and oxygen atoms in total. The summed E-state index contributed by atoms with van der Waals surface area (Å²) in [5.74, 6) is -0.407. The molecule has 0 aliphatic carbocycles. The second kappa shape index (κ2) is 10.1. The number of carbonyl (C=O) groups excluding carboxylic acids is 1. The van der Waals surface area contributed by atoms with Crippen LogP contribution >= 0.6 is 46.8 Å². The zero-order chi connectivity index (χ0) is 20.8. The van der Waals surface area contributed by atoms with E-state index in [9.17, 15) is 4.79 Å². The van der Waals surface area contributed by atoms with E-state index >= 15 is 0 Å². The molecule has 0 radical (unpaired) electrons. The third-order valence-corrected chi connectivity index (χ3v) is 6.11. The Morgan fingerprint density at radius 2 is 1.83 bits per heavy atom.